The second kappa shape index (κ2) is 7.04. The van der Waals surface area contributed by atoms with Crippen molar-refractivity contribution in [3.05, 3.63) is 15.8 Å². The van der Waals surface area contributed by atoms with Gasteiger partial charge >= 0.3 is 5.69 Å². The van der Waals surface area contributed by atoms with Crippen molar-refractivity contribution in [2.24, 2.45) is 7.05 Å². The van der Waals surface area contributed by atoms with Crippen LogP contribution in [-0.2, 0) is 7.05 Å². The molecular weight excluding hydrogens is 264 g/mol. The van der Waals surface area contributed by atoms with Crippen molar-refractivity contribution in [2.75, 3.05) is 23.4 Å². The summed E-state index contributed by atoms with van der Waals surface area (Å²) in [6.07, 6.45) is 5.15. The number of aromatic nitrogens is 2. The van der Waals surface area contributed by atoms with Gasteiger partial charge in [-0.05, 0) is 0 Å². The molecule has 1 aromatic rings. The molecule has 0 bridgehead atoms. The third kappa shape index (κ3) is 3.89. The van der Waals surface area contributed by atoms with Crippen molar-refractivity contribution in [1.82, 2.24) is 9.78 Å². The molecule has 6 nitrogen and oxygen atoms in total. The number of terminal acetylenes is 1. The molecule has 0 unspecified atom stereocenters. The SMILES string of the molecule is C#CCSCCNc1c([N+](=O)[O-])c(C(C)C)nn1C. The number of aryl methyl sites for hydroxylation is 1. The first-order chi connectivity index (χ1) is 8.99. The molecule has 1 aromatic heterocycles. The molecule has 104 valence electrons. The second-order valence-corrected chi connectivity index (χ2v) is 5.41. The zero-order valence-corrected chi connectivity index (χ0v) is 12.2. The first-order valence-corrected chi connectivity index (χ1v) is 7.10. The topological polar surface area (TPSA) is 73.0 Å². The average molecular weight is 282 g/mol. The molecule has 0 amide bonds. The standard InChI is InChI=1S/C12H18N4O2S/c1-5-7-19-8-6-13-12-11(16(17)18)10(9(2)3)14-15(12)4/h1,9,13H,6-8H2,2-4H3. The lowest BCUT2D eigenvalue weighted by Crippen LogP contribution is -2.09. The summed E-state index contributed by atoms with van der Waals surface area (Å²) in [4.78, 5) is 10.8. The van der Waals surface area contributed by atoms with Gasteiger partial charge in [0.15, 0.2) is 0 Å². The van der Waals surface area contributed by atoms with E-state index < -0.39 is 0 Å². The van der Waals surface area contributed by atoms with Crippen LogP contribution in [0.25, 0.3) is 0 Å². The largest absolute Gasteiger partial charge is 0.364 e. The summed E-state index contributed by atoms with van der Waals surface area (Å²) in [6.45, 7) is 4.40. The highest BCUT2D eigenvalue weighted by atomic mass is 32.2. The fourth-order valence-corrected chi connectivity index (χ4v) is 2.18. The maximum absolute atomic E-state index is 11.2. The molecule has 0 atom stereocenters. The minimum atomic E-state index is -0.376. The predicted molar refractivity (Wildman–Crippen MR) is 78.6 cm³/mol. The van der Waals surface area contributed by atoms with Gasteiger partial charge in [0.1, 0.15) is 5.69 Å². The summed E-state index contributed by atoms with van der Waals surface area (Å²) < 4.78 is 1.53. The van der Waals surface area contributed by atoms with Gasteiger partial charge in [0, 0.05) is 25.3 Å². The molecule has 0 aliphatic carbocycles. The van der Waals surface area contributed by atoms with Crippen molar-refractivity contribution in [3.8, 4) is 12.3 Å². The zero-order valence-electron chi connectivity index (χ0n) is 11.3. The predicted octanol–water partition coefficient (Wildman–Crippen LogP) is 2.23. The molecule has 0 saturated carbocycles. The maximum atomic E-state index is 11.2. The Morgan fingerprint density at radius 3 is 2.84 bits per heavy atom. The molecule has 1 heterocycles. The molecule has 0 fully saturated rings. The van der Waals surface area contributed by atoms with Crippen molar-refractivity contribution in [1.29, 1.82) is 0 Å². The monoisotopic (exact) mass is 282 g/mol. The minimum Gasteiger partial charge on any atom is -0.364 e. The lowest BCUT2D eigenvalue weighted by atomic mass is 10.1. The van der Waals surface area contributed by atoms with Crippen LogP contribution in [0.5, 0.6) is 0 Å². The molecule has 0 aromatic carbocycles. The van der Waals surface area contributed by atoms with Gasteiger partial charge in [0.2, 0.25) is 5.82 Å². The van der Waals surface area contributed by atoms with Gasteiger partial charge < -0.3 is 5.32 Å². The van der Waals surface area contributed by atoms with Crippen LogP contribution >= 0.6 is 11.8 Å². The maximum Gasteiger partial charge on any atom is 0.334 e. The van der Waals surface area contributed by atoms with E-state index in [-0.39, 0.29) is 16.5 Å². The number of hydrogen-bond acceptors (Lipinski definition) is 5. The first-order valence-electron chi connectivity index (χ1n) is 5.95. The highest BCUT2D eigenvalue weighted by Gasteiger charge is 2.27. The Hall–Kier alpha value is -1.68. The molecule has 0 saturated heterocycles. The van der Waals surface area contributed by atoms with Gasteiger partial charge in [-0.2, -0.15) is 5.10 Å². The fourth-order valence-electron chi connectivity index (χ4n) is 1.67. The summed E-state index contributed by atoms with van der Waals surface area (Å²) in [5.74, 6) is 4.44. The Bertz CT molecular complexity index is 491. The summed E-state index contributed by atoms with van der Waals surface area (Å²) in [7, 11) is 1.70. The van der Waals surface area contributed by atoms with E-state index >= 15 is 0 Å². The number of hydrogen-bond donors (Lipinski definition) is 1. The highest BCUT2D eigenvalue weighted by Crippen LogP contribution is 2.32. The van der Waals surface area contributed by atoms with E-state index in [0.717, 1.165) is 5.75 Å². The van der Waals surface area contributed by atoms with E-state index in [1.165, 1.54) is 4.68 Å². The lowest BCUT2D eigenvalue weighted by molar-refractivity contribution is -0.384. The molecular formula is C12H18N4O2S. The molecule has 0 spiro atoms. The van der Waals surface area contributed by atoms with Crippen LogP contribution in [0, 0.1) is 22.5 Å². The Morgan fingerprint density at radius 2 is 2.32 bits per heavy atom. The second-order valence-electron chi connectivity index (χ2n) is 4.30. The van der Waals surface area contributed by atoms with Gasteiger partial charge in [0.25, 0.3) is 0 Å². The van der Waals surface area contributed by atoms with Crippen molar-refractivity contribution < 1.29 is 4.92 Å². The fraction of sp³-hybridized carbons (Fsp3) is 0.583. The summed E-state index contributed by atoms with van der Waals surface area (Å²) in [5, 5.41) is 18.5. The zero-order chi connectivity index (χ0) is 14.4. The third-order valence-electron chi connectivity index (χ3n) is 2.50. The summed E-state index contributed by atoms with van der Waals surface area (Å²) in [6, 6.07) is 0. The number of thioether (sulfide) groups is 1. The van der Waals surface area contributed by atoms with Gasteiger partial charge in [-0.25, -0.2) is 4.68 Å². The van der Waals surface area contributed by atoms with Gasteiger partial charge in [0.05, 0.1) is 10.7 Å². The number of nitrogens with zero attached hydrogens (tertiary/aromatic N) is 3. The lowest BCUT2D eigenvalue weighted by Gasteiger charge is -2.05. The van der Waals surface area contributed by atoms with Gasteiger partial charge in [-0.15, -0.1) is 18.2 Å². The Labute approximate surface area is 117 Å². The quantitative estimate of drug-likeness (QED) is 0.359. The molecule has 7 heteroatoms. The van der Waals surface area contributed by atoms with E-state index in [1.54, 1.807) is 18.8 Å². The van der Waals surface area contributed by atoms with E-state index in [9.17, 15) is 10.1 Å². The van der Waals surface area contributed by atoms with Crippen molar-refractivity contribution in [2.45, 2.75) is 19.8 Å². The third-order valence-corrected chi connectivity index (χ3v) is 3.37. The molecule has 19 heavy (non-hydrogen) atoms. The Morgan fingerprint density at radius 1 is 1.63 bits per heavy atom. The molecule has 1 N–H and O–H groups in total. The van der Waals surface area contributed by atoms with Crippen LogP contribution in [0.15, 0.2) is 0 Å². The average Bonchev–Trinajstić information content (AvgIpc) is 2.67. The molecule has 0 aliphatic heterocycles. The summed E-state index contributed by atoms with van der Waals surface area (Å²) in [5.41, 5.74) is 0.575. The van der Waals surface area contributed by atoms with Crippen LogP contribution in [0.3, 0.4) is 0 Å². The van der Waals surface area contributed by atoms with E-state index in [4.69, 9.17) is 6.42 Å². The van der Waals surface area contributed by atoms with Crippen LogP contribution in [0.4, 0.5) is 11.5 Å². The van der Waals surface area contributed by atoms with Crippen molar-refractivity contribution >= 4 is 23.3 Å². The smallest absolute Gasteiger partial charge is 0.334 e. The van der Waals surface area contributed by atoms with E-state index in [2.05, 4.69) is 16.3 Å². The number of nitro groups is 1. The normalized spacial score (nSPS) is 10.5. The van der Waals surface area contributed by atoms with E-state index in [1.807, 2.05) is 13.8 Å². The first kappa shape index (κ1) is 15.4. The molecule has 0 radical (unpaired) electrons. The van der Waals surface area contributed by atoms with E-state index in [0.29, 0.717) is 23.8 Å². The van der Waals surface area contributed by atoms with Crippen LogP contribution in [0.1, 0.15) is 25.5 Å². The molecule has 0 aliphatic rings. The van der Waals surface area contributed by atoms with Crippen LogP contribution < -0.4 is 5.32 Å². The number of rotatable bonds is 7. The minimum absolute atomic E-state index is 0.0120. The number of anilines is 1. The number of nitrogens with one attached hydrogen (secondary N) is 1. The Kier molecular flexibility index (Phi) is 5.70. The van der Waals surface area contributed by atoms with Gasteiger partial charge in [-0.1, -0.05) is 19.8 Å². The Balaban J connectivity index is 2.82. The van der Waals surface area contributed by atoms with Crippen LogP contribution in [-0.4, -0.2) is 32.8 Å². The van der Waals surface area contributed by atoms with Crippen LogP contribution in [0.2, 0.25) is 0 Å². The van der Waals surface area contributed by atoms with Crippen molar-refractivity contribution in [3.63, 3.8) is 0 Å². The molecule has 1 rings (SSSR count). The summed E-state index contributed by atoms with van der Waals surface area (Å²) >= 11 is 1.61. The highest BCUT2D eigenvalue weighted by molar-refractivity contribution is 7.99. The van der Waals surface area contributed by atoms with Gasteiger partial charge in [-0.3, -0.25) is 10.1 Å².